The Morgan fingerprint density at radius 3 is 1.32 bits per heavy atom. The highest BCUT2D eigenvalue weighted by atomic mass is 15.5. The Balaban J connectivity index is 1.65. The molecule has 0 aliphatic heterocycles. The van der Waals surface area contributed by atoms with Crippen LogP contribution in [0.5, 0.6) is 0 Å². The number of H-pyrrole nitrogens is 1. The molecule has 0 fully saturated rings. The fourth-order valence-corrected chi connectivity index (χ4v) is 3.47. The van der Waals surface area contributed by atoms with Gasteiger partial charge in [-0.15, -0.1) is 10.2 Å². The van der Waals surface area contributed by atoms with E-state index in [0.717, 1.165) is 12.2 Å². The molecule has 0 unspecified atom stereocenters. The Bertz CT molecular complexity index is 351. The first kappa shape index (κ1) is 22.1. The van der Waals surface area contributed by atoms with Crippen LogP contribution in [0.15, 0.2) is 0 Å². The number of nitrogens with zero attached hydrogens (tertiary/aromatic N) is 3. The number of aryl methyl sites for hydroxylation is 1. The standard InChI is InChI=1S/C21H42N4/c1-2-3-4-5-6-7-8-9-10-11-12-13-14-15-16-17-18-19-20-21-22-24-25-23-21/h2-20H2,1H3,(H,22,23,24,25). The van der Waals surface area contributed by atoms with Crippen molar-refractivity contribution in [3.63, 3.8) is 0 Å². The van der Waals surface area contributed by atoms with Crippen molar-refractivity contribution >= 4 is 0 Å². The lowest BCUT2D eigenvalue weighted by Gasteiger charge is -2.03. The summed E-state index contributed by atoms with van der Waals surface area (Å²) in [7, 11) is 0. The third kappa shape index (κ3) is 15.1. The quantitative estimate of drug-likeness (QED) is 0.280. The molecule has 0 radical (unpaired) electrons. The van der Waals surface area contributed by atoms with Gasteiger partial charge in [-0.05, 0) is 6.42 Å². The molecule has 25 heavy (non-hydrogen) atoms. The molecule has 0 saturated carbocycles. The monoisotopic (exact) mass is 350 g/mol. The Labute approximate surface area is 156 Å². The first-order valence-corrected chi connectivity index (χ1v) is 11.2. The summed E-state index contributed by atoms with van der Waals surface area (Å²) in [6, 6.07) is 0. The van der Waals surface area contributed by atoms with Crippen LogP contribution < -0.4 is 0 Å². The molecule has 1 aromatic rings. The lowest BCUT2D eigenvalue weighted by atomic mass is 10.0. The van der Waals surface area contributed by atoms with Crippen molar-refractivity contribution in [1.29, 1.82) is 0 Å². The Morgan fingerprint density at radius 1 is 0.560 bits per heavy atom. The van der Waals surface area contributed by atoms with Crippen LogP contribution in [0.25, 0.3) is 0 Å². The summed E-state index contributed by atoms with van der Waals surface area (Å²) < 4.78 is 0. The highest BCUT2D eigenvalue weighted by Crippen LogP contribution is 2.14. The first-order valence-electron chi connectivity index (χ1n) is 11.2. The molecule has 0 amide bonds. The van der Waals surface area contributed by atoms with Crippen LogP contribution in [0.4, 0.5) is 0 Å². The van der Waals surface area contributed by atoms with Gasteiger partial charge in [-0.1, -0.05) is 121 Å². The largest absolute Gasteiger partial charge is 0.177 e. The highest BCUT2D eigenvalue weighted by Gasteiger charge is 1.98. The van der Waals surface area contributed by atoms with Gasteiger partial charge in [0.15, 0.2) is 5.82 Å². The number of aromatic nitrogens is 4. The maximum Gasteiger partial charge on any atom is 0.174 e. The van der Waals surface area contributed by atoms with Gasteiger partial charge in [0.25, 0.3) is 0 Å². The van der Waals surface area contributed by atoms with Crippen molar-refractivity contribution in [2.45, 2.75) is 129 Å². The molecule has 0 aliphatic rings. The van der Waals surface area contributed by atoms with Gasteiger partial charge in [-0.3, -0.25) is 0 Å². The minimum Gasteiger partial charge on any atom is -0.177 e. The van der Waals surface area contributed by atoms with Gasteiger partial charge in [-0.25, -0.2) is 0 Å². The fourth-order valence-electron chi connectivity index (χ4n) is 3.47. The van der Waals surface area contributed by atoms with Crippen LogP contribution in [-0.2, 0) is 6.42 Å². The summed E-state index contributed by atoms with van der Waals surface area (Å²) in [5.74, 6) is 0.858. The fraction of sp³-hybridized carbons (Fsp3) is 0.952. The number of hydrogen-bond donors (Lipinski definition) is 1. The minimum atomic E-state index is 0.858. The number of tetrazole rings is 1. The Kier molecular flexibility index (Phi) is 15.8. The Morgan fingerprint density at radius 2 is 0.960 bits per heavy atom. The first-order chi connectivity index (χ1) is 12.4. The van der Waals surface area contributed by atoms with E-state index in [4.69, 9.17) is 0 Å². The third-order valence-electron chi connectivity index (χ3n) is 5.14. The van der Waals surface area contributed by atoms with Gasteiger partial charge in [-0.2, -0.15) is 5.21 Å². The van der Waals surface area contributed by atoms with E-state index in [1.807, 2.05) is 0 Å². The number of unbranched alkanes of at least 4 members (excludes halogenated alkanes) is 17. The number of nitrogens with one attached hydrogen (secondary N) is 1. The van der Waals surface area contributed by atoms with Crippen LogP contribution in [0.2, 0.25) is 0 Å². The second-order valence-electron chi connectivity index (χ2n) is 7.59. The average Bonchev–Trinajstić information content (AvgIpc) is 3.14. The normalized spacial score (nSPS) is 11.2. The van der Waals surface area contributed by atoms with E-state index in [1.165, 1.54) is 116 Å². The van der Waals surface area contributed by atoms with Crippen molar-refractivity contribution in [2.24, 2.45) is 0 Å². The van der Waals surface area contributed by atoms with Gasteiger partial charge in [0.05, 0.1) is 0 Å². The van der Waals surface area contributed by atoms with Gasteiger partial charge < -0.3 is 0 Å². The molecule has 0 bridgehead atoms. The van der Waals surface area contributed by atoms with Crippen LogP contribution in [0, 0.1) is 0 Å². The molecule has 4 heteroatoms. The lowest BCUT2D eigenvalue weighted by molar-refractivity contribution is 0.524. The summed E-state index contributed by atoms with van der Waals surface area (Å²) in [6.07, 6.45) is 26.5. The smallest absolute Gasteiger partial charge is 0.174 e. The number of rotatable bonds is 19. The predicted molar refractivity (Wildman–Crippen MR) is 107 cm³/mol. The van der Waals surface area contributed by atoms with Crippen molar-refractivity contribution in [2.75, 3.05) is 0 Å². The second-order valence-corrected chi connectivity index (χ2v) is 7.59. The zero-order valence-electron chi connectivity index (χ0n) is 16.8. The Hall–Kier alpha value is -0.930. The van der Waals surface area contributed by atoms with Crippen molar-refractivity contribution in [3.05, 3.63) is 5.82 Å². The van der Waals surface area contributed by atoms with Gasteiger partial charge in [0.1, 0.15) is 0 Å². The molecule has 0 aromatic carbocycles. The van der Waals surface area contributed by atoms with Crippen molar-refractivity contribution in [3.8, 4) is 0 Å². The molecule has 0 atom stereocenters. The molecule has 0 spiro atoms. The van der Waals surface area contributed by atoms with Crippen LogP contribution >= 0.6 is 0 Å². The van der Waals surface area contributed by atoms with E-state index in [1.54, 1.807) is 0 Å². The molecule has 146 valence electrons. The van der Waals surface area contributed by atoms with Gasteiger partial charge in [0.2, 0.25) is 0 Å². The molecule has 1 aromatic heterocycles. The molecule has 1 N–H and O–H groups in total. The maximum absolute atomic E-state index is 3.98. The summed E-state index contributed by atoms with van der Waals surface area (Å²) in [4.78, 5) is 0. The maximum atomic E-state index is 3.98. The van der Waals surface area contributed by atoms with E-state index < -0.39 is 0 Å². The minimum absolute atomic E-state index is 0.858. The molecule has 1 heterocycles. The average molecular weight is 351 g/mol. The van der Waals surface area contributed by atoms with E-state index in [9.17, 15) is 0 Å². The molecule has 1 rings (SSSR count). The van der Waals surface area contributed by atoms with Crippen molar-refractivity contribution in [1.82, 2.24) is 20.6 Å². The number of hydrogen-bond acceptors (Lipinski definition) is 3. The SMILES string of the molecule is CCCCCCCCCCCCCCCCCCCCc1nn[nH]n1. The third-order valence-corrected chi connectivity index (χ3v) is 5.14. The molecule has 4 nitrogen and oxygen atoms in total. The molecule has 0 aliphatic carbocycles. The molecular formula is C21H42N4. The summed E-state index contributed by atoms with van der Waals surface area (Å²) in [5.41, 5.74) is 0. The van der Waals surface area contributed by atoms with E-state index in [2.05, 4.69) is 27.5 Å². The predicted octanol–water partition coefficient (Wildman–Crippen LogP) is 6.78. The summed E-state index contributed by atoms with van der Waals surface area (Å²) in [6.45, 7) is 2.29. The van der Waals surface area contributed by atoms with Crippen molar-refractivity contribution < 1.29 is 0 Å². The zero-order valence-corrected chi connectivity index (χ0v) is 16.8. The second kappa shape index (κ2) is 17.9. The summed E-state index contributed by atoms with van der Waals surface area (Å²) >= 11 is 0. The highest BCUT2D eigenvalue weighted by molar-refractivity contribution is 4.74. The topological polar surface area (TPSA) is 54.5 Å². The van der Waals surface area contributed by atoms with Crippen LogP contribution in [0.3, 0.4) is 0 Å². The van der Waals surface area contributed by atoms with Gasteiger partial charge >= 0.3 is 0 Å². The van der Waals surface area contributed by atoms with E-state index >= 15 is 0 Å². The molecular weight excluding hydrogens is 308 g/mol. The van der Waals surface area contributed by atoms with E-state index in [0.29, 0.717) is 0 Å². The van der Waals surface area contributed by atoms with Crippen LogP contribution in [0.1, 0.15) is 128 Å². The van der Waals surface area contributed by atoms with E-state index in [-0.39, 0.29) is 0 Å². The van der Waals surface area contributed by atoms with Crippen LogP contribution in [-0.4, -0.2) is 20.6 Å². The zero-order chi connectivity index (χ0) is 17.8. The number of aromatic amines is 1. The van der Waals surface area contributed by atoms with Gasteiger partial charge in [0, 0.05) is 6.42 Å². The molecule has 0 saturated heterocycles. The lowest BCUT2D eigenvalue weighted by Crippen LogP contribution is -1.89. The summed E-state index contributed by atoms with van der Waals surface area (Å²) in [5, 5.41) is 14.1.